The van der Waals surface area contributed by atoms with Crippen molar-refractivity contribution < 1.29 is 24.2 Å². The Balaban J connectivity index is 0.000000313. The van der Waals surface area contributed by atoms with E-state index in [1.54, 1.807) is 6.92 Å². The lowest BCUT2D eigenvalue weighted by atomic mass is 9.98. The molecule has 0 unspecified atom stereocenters. The second-order valence-corrected chi connectivity index (χ2v) is 6.38. The first-order valence-electron chi connectivity index (χ1n) is 9.08. The maximum Gasteiger partial charge on any atom is 0.313 e. The van der Waals surface area contributed by atoms with Gasteiger partial charge in [0.25, 0.3) is 0 Å². The minimum Gasteiger partial charge on any atom is -0.466 e. The van der Waals surface area contributed by atoms with E-state index in [1.165, 1.54) is 38.5 Å². The molecule has 0 aromatic heterocycles. The Bertz CT molecular complexity index is 330. The van der Waals surface area contributed by atoms with Crippen molar-refractivity contribution in [2.45, 2.75) is 89.8 Å². The van der Waals surface area contributed by atoms with Gasteiger partial charge in [-0.15, -0.1) is 0 Å². The summed E-state index contributed by atoms with van der Waals surface area (Å²) in [5.74, 6) is -0.649. The Morgan fingerprint density at radius 2 is 1.52 bits per heavy atom. The van der Waals surface area contributed by atoms with E-state index < -0.39 is 5.97 Å². The minimum absolute atomic E-state index is 0.0359. The highest BCUT2D eigenvalue weighted by Gasteiger charge is 2.16. The van der Waals surface area contributed by atoms with Crippen molar-refractivity contribution in [2.75, 3.05) is 13.2 Å². The van der Waals surface area contributed by atoms with E-state index in [-0.39, 0.29) is 31.0 Å². The van der Waals surface area contributed by atoms with Crippen LogP contribution in [-0.2, 0) is 19.1 Å². The molecule has 0 amide bonds. The van der Waals surface area contributed by atoms with Crippen molar-refractivity contribution in [3.63, 3.8) is 0 Å². The van der Waals surface area contributed by atoms with Crippen molar-refractivity contribution in [3.05, 3.63) is 0 Å². The molecule has 2 aliphatic carbocycles. The summed E-state index contributed by atoms with van der Waals surface area (Å²) in [5, 5.41) is 8.91. The molecule has 0 bridgehead atoms. The molecule has 2 rings (SSSR count). The first-order chi connectivity index (χ1) is 11.1. The van der Waals surface area contributed by atoms with Gasteiger partial charge in [-0.3, -0.25) is 9.59 Å². The fraction of sp³-hybridized carbons (Fsp3) is 0.889. The molecule has 134 valence electrons. The number of hydrogen-bond donors (Lipinski definition) is 1. The molecule has 0 atom stereocenters. The smallest absolute Gasteiger partial charge is 0.313 e. The predicted octanol–water partition coefficient (Wildman–Crippen LogP) is 3.17. The van der Waals surface area contributed by atoms with Crippen molar-refractivity contribution >= 4 is 11.8 Å². The van der Waals surface area contributed by atoms with Gasteiger partial charge < -0.3 is 14.6 Å². The van der Waals surface area contributed by atoms with Crippen LogP contribution in [0.25, 0.3) is 0 Å². The molecule has 0 saturated heterocycles. The van der Waals surface area contributed by atoms with Crippen molar-refractivity contribution in [3.8, 4) is 0 Å². The Morgan fingerprint density at radius 3 is 2.00 bits per heavy atom. The van der Waals surface area contributed by atoms with E-state index in [4.69, 9.17) is 9.84 Å². The number of Topliss-reactive ketones (excluding diaryl/α,β-unsaturated/α-hetero) is 1. The summed E-state index contributed by atoms with van der Waals surface area (Å²) in [4.78, 5) is 22.4. The zero-order valence-corrected chi connectivity index (χ0v) is 14.4. The van der Waals surface area contributed by atoms with Crippen LogP contribution in [0.4, 0.5) is 0 Å². The first-order valence-corrected chi connectivity index (χ1v) is 9.08. The number of carbonyl (C=O) groups is 2. The number of carbonyl (C=O) groups excluding carboxylic acids is 2. The summed E-state index contributed by atoms with van der Waals surface area (Å²) in [7, 11) is 0. The van der Waals surface area contributed by atoms with E-state index >= 15 is 0 Å². The molecular weight excluding hydrogens is 296 g/mol. The molecule has 0 heterocycles. The largest absolute Gasteiger partial charge is 0.466 e. The zero-order chi connectivity index (χ0) is 16.9. The molecule has 0 spiro atoms. The number of hydrogen-bond acceptors (Lipinski definition) is 5. The molecule has 2 saturated carbocycles. The monoisotopic (exact) mass is 328 g/mol. The van der Waals surface area contributed by atoms with E-state index in [9.17, 15) is 9.59 Å². The summed E-state index contributed by atoms with van der Waals surface area (Å²) >= 11 is 0. The summed E-state index contributed by atoms with van der Waals surface area (Å²) in [6.45, 7) is 2.08. The van der Waals surface area contributed by atoms with Gasteiger partial charge in [-0.1, -0.05) is 38.5 Å². The Hall–Kier alpha value is -0.940. The SMILES string of the molecule is CCOC(=O)CC(=O)COC1CCCCC1.OC1CCCCC1. The molecule has 0 aromatic carbocycles. The van der Waals surface area contributed by atoms with Crippen LogP contribution in [0.5, 0.6) is 0 Å². The molecule has 0 radical (unpaired) electrons. The molecule has 0 aliphatic heterocycles. The number of ether oxygens (including phenoxy) is 2. The quantitative estimate of drug-likeness (QED) is 0.599. The average Bonchev–Trinajstić information content (AvgIpc) is 2.55. The number of ketones is 1. The molecule has 5 heteroatoms. The van der Waals surface area contributed by atoms with E-state index in [0.717, 1.165) is 25.7 Å². The predicted molar refractivity (Wildman–Crippen MR) is 88.2 cm³/mol. The van der Waals surface area contributed by atoms with Gasteiger partial charge in [0.15, 0.2) is 5.78 Å². The van der Waals surface area contributed by atoms with Crippen LogP contribution in [0.2, 0.25) is 0 Å². The third-order valence-electron chi connectivity index (χ3n) is 4.25. The van der Waals surface area contributed by atoms with Crippen LogP contribution in [0.3, 0.4) is 0 Å². The van der Waals surface area contributed by atoms with Crippen LogP contribution in [0.15, 0.2) is 0 Å². The standard InChI is InChI=1S/C12H20O4.C6H12O/c1-2-15-12(14)8-10(13)9-16-11-6-4-3-5-7-11;7-6-4-2-1-3-5-6/h11H,2-9H2,1H3;6-7H,1-5H2. The third kappa shape index (κ3) is 10.4. The highest BCUT2D eigenvalue weighted by Crippen LogP contribution is 2.20. The minimum atomic E-state index is -0.459. The maximum atomic E-state index is 11.3. The summed E-state index contributed by atoms with van der Waals surface area (Å²) < 4.78 is 10.2. The number of rotatable bonds is 6. The highest BCUT2D eigenvalue weighted by atomic mass is 16.5. The van der Waals surface area contributed by atoms with Gasteiger partial charge in [0.1, 0.15) is 13.0 Å². The fourth-order valence-electron chi connectivity index (χ4n) is 2.95. The fourth-order valence-corrected chi connectivity index (χ4v) is 2.95. The average molecular weight is 328 g/mol. The molecular formula is C18H32O5. The van der Waals surface area contributed by atoms with Crippen LogP contribution < -0.4 is 0 Å². The lowest BCUT2D eigenvalue weighted by Gasteiger charge is -2.21. The van der Waals surface area contributed by atoms with Crippen molar-refractivity contribution in [2.24, 2.45) is 0 Å². The number of esters is 1. The molecule has 1 N–H and O–H groups in total. The van der Waals surface area contributed by atoms with Crippen LogP contribution >= 0.6 is 0 Å². The van der Waals surface area contributed by atoms with Gasteiger partial charge in [0.05, 0.1) is 18.8 Å². The second kappa shape index (κ2) is 12.5. The highest BCUT2D eigenvalue weighted by molar-refractivity contribution is 5.96. The van der Waals surface area contributed by atoms with Gasteiger partial charge in [-0.25, -0.2) is 0 Å². The lowest BCUT2D eigenvalue weighted by molar-refractivity contribution is -0.147. The van der Waals surface area contributed by atoms with Gasteiger partial charge in [-0.2, -0.15) is 0 Å². The molecule has 2 aliphatic rings. The Morgan fingerprint density at radius 1 is 0.957 bits per heavy atom. The molecule has 0 aromatic rings. The third-order valence-corrected chi connectivity index (χ3v) is 4.25. The van der Waals surface area contributed by atoms with Gasteiger partial charge in [-0.05, 0) is 32.6 Å². The maximum absolute atomic E-state index is 11.3. The van der Waals surface area contributed by atoms with Crippen LogP contribution in [0, 0.1) is 0 Å². The molecule has 5 nitrogen and oxygen atoms in total. The van der Waals surface area contributed by atoms with E-state index in [0.29, 0.717) is 6.61 Å². The van der Waals surface area contributed by atoms with Gasteiger partial charge >= 0.3 is 5.97 Å². The van der Waals surface area contributed by atoms with Crippen molar-refractivity contribution in [1.82, 2.24) is 0 Å². The number of aliphatic hydroxyl groups excluding tert-OH is 1. The second-order valence-electron chi connectivity index (χ2n) is 6.38. The summed E-state index contributed by atoms with van der Waals surface area (Å²) in [6, 6.07) is 0. The number of aliphatic hydroxyl groups is 1. The lowest BCUT2D eigenvalue weighted by Crippen LogP contribution is -2.22. The van der Waals surface area contributed by atoms with Gasteiger partial charge in [0, 0.05) is 0 Å². The van der Waals surface area contributed by atoms with Crippen molar-refractivity contribution in [1.29, 1.82) is 0 Å². The Labute approximate surface area is 139 Å². The van der Waals surface area contributed by atoms with E-state index in [1.807, 2.05) is 0 Å². The molecule has 2 fully saturated rings. The van der Waals surface area contributed by atoms with Gasteiger partial charge in [0.2, 0.25) is 0 Å². The summed E-state index contributed by atoms with van der Waals surface area (Å²) in [6.07, 6.45) is 11.7. The molecule has 23 heavy (non-hydrogen) atoms. The van der Waals surface area contributed by atoms with E-state index in [2.05, 4.69) is 4.74 Å². The van der Waals surface area contributed by atoms with Crippen LogP contribution in [0.1, 0.15) is 77.6 Å². The van der Waals surface area contributed by atoms with Crippen LogP contribution in [-0.4, -0.2) is 42.3 Å². The summed E-state index contributed by atoms with van der Waals surface area (Å²) in [5.41, 5.74) is 0. The first kappa shape index (κ1) is 20.1. The zero-order valence-electron chi connectivity index (χ0n) is 14.4. The normalized spacial score (nSPS) is 19.6. The Kier molecular flexibility index (Phi) is 10.9. The topological polar surface area (TPSA) is 72.8 Å².